The van der Waals surface area contributed by atoms with Gasteiger partial charge in [-0.1, -0.05) is 18.2 Å². The van der Waals surface area contributed by atoms with E-state index < -0.39 is 0 Å². The van der Waals surface area contributed by atoms with Gasteiger partial charge in [-0.25, -0.2) is 9.78 Å². The fourth-order valence-corrected chi connectivity index (χ4v) is 4.03. The molecular weight excluding hydrogens is 290 g/mol. The van der Waals surface area contributed by atoms with Crippen LogP contribution < -0.4 is 0 Å². The predicted molar refractivity (Wildman–Crippen MR) is 83.6 cm³/mol. The zero-order chi connectivity index (χ0) is 14.1. The molecule has 5 heteroatoms. The Kier molecular flexibility index (Phi) is 3.54. The first-order valence-electron chi connectivity index (χ1n) is 6.32. The predicted octanol–water partition coefficient (Wildman–Crippen LogP) is 4.51. The highest BCUT2D eigenvalue weighted by Gasteiger charge is 2.16. The van der Waals surface area contributed by atoms with E-state index in [1.54, 1.807) is 18.3 Å². The molecule has 0 amide bonds. The average Bonchev–Trinajstić information content (AvgIpc) is 3.05. The van der Waals surface area contributed by atoms with E-state index in [-0.39, 0.29) is 5.97 Å². The molecule has 0 atom stereocenters. The Balaban J connectivity index is 2.03. The van der Waals surface area contributed by atoms with Crippen molar-refractivity contribution in [2.45, 2.75) is 13.8 Å². The van der Waals surface area contributed by atoms with E-state index in [2.05, 4.69) is 24.0 Å². The Hall–Kier alpha value is -1.72. The van der Waals surface area contributed by atoms with Gasteiger partial charge in [-0.2, -0.15) is 0 Å². The summed E-state index contributed by atoms with van der Waals surface area (Å²) in [5, 5.41) is 3.58. The molecule has 0 fully saturated rings. The SMILES string of the molecule is CCOC(=O)c1nc(-c2sc3ccccc3c2C)cs1. The molecule has 0 radical (unpaired) electrons. The summed E-state index contributed by atoms with van der Waals surface area (Å²) in [7, 11) is 0. The number of aryl methyl sites for hydroxylation is 1. The molecule has 102 valence electrons. The molecule has 0 N–H and O–H groups in total. The maximum atomic E-state index is 11.7. The molecule has 2 heterocycles. The standard InChI is InChI=1S/C15H13NO2S2/c1-3-18-15(17)14-16-11(8-19-14)13-9(2)10-6-4-5-7-12(10)20-13/h4-8H,3H2,1-2H3. The van der Waals surface area contributed by atoms with Crippen molar-refractivity contribution < 1.29 is 9.53 Å². The quantitative estimate of drug-likeness (QED) is 0.668. The van der Waals surface area contributed by atoms with Gasteiger partial charge < -0.3 is 4.74 Å². The number of aromatic nitrogens is 1. The summed E-state index contributed by atoms with van der Waals surface area (Å²) in [6.07, 6.45) is 0. The molecule has 0 aliphatic heterocycles. The van der Waals surface area contributed by atoms with E-state index in [0.717, 1.165) is 10.6 Å². The van der Waals surface area contributed by atoms with Crippen LogP contribution in [0.25, 0.3) is 20.7 Å². The van der Waals surface area contributed by atoms with Gasteiger partial charge in [0.25, 0.3) is 0 Å². The van der Waals surface area contributed by atoms with Crippen LogP contribution in [-0.2, 0) is 4.74 Å². The third-order valence-corrected chi connectivity index (χ3v) is 5.15. The van der Waals surface area contributed by atoms with Gasteiger partial charge in [0.2, 0.25) is 5.01 Å². The van der Waals surface area contributed by atoms with Gasteiger partial charge in [0, 0.05) is 10.1 Å². The van der Waals surface area contributed by atoms with E-state index in [9.17, 15) is 4.79 Å². The molecule has 20 heavy (non-hydrogen) atoms. The second-order valence-electron chi connectivity index (χ2n) is 4.31. The summed E-state index contributed by atoms with van der Waals surface area (Å²) in [6.45, 7) is 4.26. The monoisotopic (exact) mass is 303 g/mol. The zero-order valence-corrected chi connectivity index (χ0v) is 12.8. The molecule has 2 aromatic heterocycles. The number of benzene rings is 1. The Morgan fingerprint density at radius 2 is 2.15 bits per heavy atom. The van der Waals surface area contributed by atoms with Crippen LogP contribution in [-0.4, -0.2) is 17.6 Å². The maximum Gasteiger partial charge on any atom is 0.367 e. The number of thiazole rings is 1. The van der Waals surface area contributed by atoms with Crippen molar-refractivity contribution in [3.05, 3.63) is 40.2 Å². The minimum atomic E-state index is -0.345. The molecule has 0 unspecified atom stereocenters. The Labute approximate surface area is 124 Å². The minimum absolute atomic E-state index is 0.345. The number of carbonyl (C=O) groups excluding carboxylic acids is 1. The number of fused-ring (bicyclic) bond motifs is 1. The van der Waals surface area contributed by atoms with Crippen molar-refractivity contribution in [3.8, 4) is 10.6 Å². The number of carbonyl (C=O) groups is 1. The fraction of sp³-hybridized carbons (Fsp3) is 0.200. The number of nitrogens with zero attached hydrogens (tertiary/aromatic N) is 1. The zero-order valence-electron chi connectivity index (χ0n) is 11.2. The summed E-state index contributed by atoms with van der Waals surface area (Å²) >= 11 is 3.04. The van der Waals surface area contributed by atoms with Crippen LogP contribution in [0.4, 0.5) is 0 Å². The molecule has 0 aliphatic carbocycles. The van der Waals surface area contributed by atoms with Crippen LogP contribution in [0.5, 0.6) is 0 Å². The normalized spacial score (nSPS) is 10.9. The smallest absolute Gasteiger partial charge is 0.367 e. The van der Waals surface area contributed by atoms with E-state index in [1.807, 2.05) is 17.5 Å². The summed E-state index contributed by atoms with van der Waals surface area (Å²) in [5.41, 5.74) is 2.07. The van der Waals surface area contributed by atoms with Gasteiger partial charge in [-0.05, 0) is 30.9 Å². The number of esters is 1. The number of thiophene rings is 1. The maximum absolute atomic E-state index is 11.7. The second-order valence-corrected chi connectivity index (χ2v) is 6.22. The highest BCUT2D eigenvalue weighted by Crippen LogP contribution is 2.38. The fourth-order valence-electron chi connectivity index (χ4n) is 2.08. The van der Waals surface area contributed by atoms with Crippen molar-refractivity contribution in [1.29, 1.82) is 0 Å². The lowest BCUT2D eigenvalue weighted by Gasteiger charge is -1.96. The Morgan fingerprint density at radius 3 is 2.90 bits per heavy atom. The Morgan fingerprint density at radius 1 is 1.35 bits per heavy atom. The molecule has 0 saturated heterocycles. The van der Waals surface area contributed by atoms with Gasteiger partial charge in [0.1, 0.15) is 0 Å². The summed E-state index contributed by atoms with van der Waals surface area (Å²) in [5.74, 6) is -0.345. The van der Waals surface area contributed by atoms with Crippen molar-refractivity contribution >= 4 is 38.7 Å². The summed E-state index contributed by atoms with van der Waals surface area (Å²) in [4.78, 5) is 17.2. The minimum Gasteiger partial charge on any atom is -0.461 e. The van der Waals surface area contributed by atoms with Gasteiger partial charge in [-0.3, -0.25) is 0 Å². The Bertz CT molecular complexity index is 773. The van der Waals surface area contributed by atoms with Gasteiger partial charge in [0.05, 0.1) is 17.2 Å². The lowest BCUT2D eigenvalue weighted by molar-refractivity contribution is 0.0526. The van der Waals surface area contributed by atoms with Crippen LogP contribution in [0.15, 0.2) is 29.6 Å². The van der Waals surface area contributed by atoms with Crippen LogP contribution >= 0.6 is 22.7 Å². The molecule has 0 spiro atoms. The van der Waals surface area contributed by atoms with E-state index in [1.165, 1.54) is 27.0 Å². The first-order chi connectivity index (χ1) is 9.70. The van der Waals surface area contributed by atoms with Gasteiger partial charge in [0.15, 0.2) is 0 Å². The number of ether oxygens (including phenoxy) is 1. The van der Waals surface area contributed by atoms with Gasteiger partial charge in [-0.15, -0.1) is 22.7 Å². The highest BCUT2D eigenvalue weighted by molar-refractivity contribution is 7.22. The largest absolute Gasteiger partial charge is 0.461 e. The molecule has 0 aliphatic rings. The molecule has 3 aromatic rings. The van der Waals surface area contributed by atoms with Crippen molar-refractivity contribution in [2.75, 3.05) is 6.61 Å². The second kappa shape index (κ2) is 5.34. The lowest BCUT2D eigenvalue weighted by atomic mass is 10.1. The lowest BCUT2D eigenvalue weighted by Crippen LogP contribution is -2.03. The van der Waals surface area contributed by atoms with Crippen molar-refractivity contribution in [1.82, 2.24) is 4.98 Å². The number of hydrogen-bond acceptors (Lipinski definition) is 5. The van der Waals surface area contributed by atoms with Crippen LogP contribution in [0, 0.1) is 6.92 Å². The van der Waals surface area contributed by atoms with Crippen molar-refractivity contribution in [3.63, 3.8) is 0 Å². The van der Waals surface area contributed by atoms with Gasteiger partial charge >= 0.3 is 5.97 Å². The summed E-state index contributed by atoms with van der Waals surface area (Å²) in [6, 6.07) is 8.29. The molecule has 3 rings (SSSR count). The van der Waals surface area contributed by atoms with Crippen LogP contribution in [0.3, 0.4) is 0 Å². The first-order valence-corrected chi connectivity index (χ1v) is 8.01. The molecule has 1 aromatic carbocycles. The van der Waals surface area contributed by atoms with Crippen LogP contribution in [0.1, 0.15) is 22.3 Å². The third-order valence-electron chi connectivity index (χ3n) is 3.03. The number of hydrogen-bond donors (Lipinski definition) is 0. The molecule has 3 nitrogen and oxygen atoms in total. The van der Waals surface area contributed by atoms with E-state index in [0.29, 0.717) is 11.6 Å². The molecule has 0 saturated carbocycles. The van der Waals surface area contributed by atoms with E-state index >= 15 is 0 Å². The summed E-state index contributed by atoms with van der Waals surface area (Å²) < 4.78 is 6.22. The third kappa shape index (κ3) is 2.23. The van der Waals surface area contributed by atoms with E-state index in [4.69, 9.17) is 4.74 Å². The number of rotatable bonds is 3. The first kappa shape index (κ1) is 13.3. The molecule has 0 bridgehead atoms. The molecular formula is C15H13NO2S2. The van der Waals surface area contributed by atoms with Crippen molar-refractivity contribution in [2.24, 2.45) is 0 Å². The average molecular weight is 303 g/mol. The topological polar surface area (TPSA) is 39.2 Å². The highest BCUT2D eigenvalue weighted by atomic mass is 32.1. The van der Waals surface area contributed by atoms with Crippen LogP contribution in [0.2, 0.25) is 0 Å².